The SMILES string of the molecule is CCC1CN(C(=O)NCC(F)(F)F)C[C@@H]1c1cnc2ccc3[nH]ccc3n12. The summed E-state index contributed by atoms with van der Waals surface area (Å²) in [4.78, 5) is 21.3. The van der Waals surface area contributed by atoms with E-state index in [1.54, 1.807) is 0 Å². The molecule has 1 aliphatic heterocycles. The van der Waals surface area contributed by atoms with Crippen molar-refractivity contribution in [3.63, 3.8) is 0 Å². The van der Waals surface area contributed by atoms with Crippen LogP contribution in [0.15, 0.2) is 30.6 Å². The second-order valence-electron chi connectivity index (χ2n) is 6.94. The van der Waals surface area contributed by atoms with Crippen LogP contribution in [0.25, 0.3) is 16.7 Å². The third-order valence-corrected chi connectivity index (χ3v) is 5.28. The quantitative estimate of drug-likeness (QED) is 0.731. The summed E-state index contributed by atoms with van der Waals surface area (Å²) in [5, 5.41) is 1.97. The number of imidazole rings is 1. The van der Waals surface area contributed by atoms with Crippen molar-refractivity contribution in [3.8, 4) is 0 Å². The first-order valence-electron chi connectivity index (χ1n) is 8.90. The lowest BCUT2D eigenvalue weighted by Gasteiger charge is -2.18. The second-order valence-corrected chi connectivity index (χ2v) is 6.94. The number of nitrogens with one attached hydrogen (secondary N) is 2. The minimum Gasteiger partial charge on any atom is -0.360 e. The summed E-state index contributed by atoms with van der Waals surface area (Å²) in [5.74, 6) is 0.179. The van der Waals surface area contributed by atoms with Crippen LogP contribution < -0.4 is 5.32 Å². The van der Waals surface area contributed by atoms with Crippen molar-refractivity contribution in [2.75, 3.05) is 19.6 Å². The molecule has 1 unspecified atom stereocenters. The molecule has 0 radical (unpaired) electrons. The summed E-state index contributed by atoms with van der Waals surface area (Å²) in [6, 6.07) is 5.18. The van der Waals surface area contributed by atoms with Gasteiger partial charge in [-0.15, -0.1) is 0 Å². The molecule has 4 heterocycles. The van der Waals surface area contributed by atoms with Gasteiger partial charge < -0.3 is 15.2 Å². The standard InChI is InChI=1S/C18H20F3N5O/c1-2-11-8-25(17(27)24-10-18(19,20)21)9-12(11)15-7-23-16-4-3-13-14(26(15)16)5-6-22-13/h3-7,11-12,22H,2,8-10H2,1H3,(H,24,27)/t11?,12-/m0/s1. The molecule has 0 aliphatic carbocycles. The van der Waals surface area contributed by atoms with Crippen molar-refractivity contribution >= 4 is 22.7 Å². The number of rotatable bonds is 3. The van der Waals surface area contributed by atoms with Crippen molar-refractivity contribution in [2.24, 2.45) is 5.92 Å². The van der Waals surface area contributed by atoms with Crippen molar-refractivity contribution in [3.05, 3.63) is 36.3 Å². The van der Waals surface area contributed by atoms with Gasteiger partial charge >= 0.3 is 12.2 Å². The topological polar surface area (TPSA) is 65.4 Å². The van der Waals surface area contributed by atoms with Gasteiger partial charge in [0.2, 0.25) is 0 Å². The molecule has 144 valence electrons. The first-order chi connectivity index (χ1) is 12.9. The molecule has 2 amide bonds. The smallest absolute Gasteiger partial charge is 0.360 e. The van der Waals surface area contributed by atoms with Crippen LogP contribution in [0.4, 0.5) is 18.0 Å². The van der Waals surface area contributed by atoms with E-state index in [0.29, 0.717) is 13.1 Å². The van der Waals surface area contributed by atoms with Crippen LogP contribution in [0.2, 0.25) is 0 Å². The second kappa shape index (κ2) is 6.47. The number of urea groups is 1. The van der Waals surface area contributed by atoms with Gasteiger partial charge in [-0.3, -0.25) is 4.40 Å². The van der Waals surface area contributed by atoms with Crippen molar-refractivity contribution in [1.82, 2.24) is 24.6 Å². The molecule has 27 heavy (non-hydrogen) atoms. The van der Waals surface area contributed by atoms with Gasteiger partial charge in [-0.25, -0.2) is 9.78 Å². The molecule has 4 rings (SSSR count). The highest BCUT2D eigenvalue weighted by atomic mass is 19.4. The Balaban J connectivity index is 1.63. The average Bonchev–Trinajstić information content (AvgIpc) is 3.33. The van der Waals surface area contributed by atoms with E-state index in [0.717, 1.165) is 28.8 Å². The number of carbonyl (C=O) groups is 1. The van der Waals surface area contributed by atoms with E-state index in [1.165, 1.54) is 4.90 Å². The largest absolute Gasteiger partial charge is 0.405 e. The summed E-state index contributed by atoms with van der Waals surface area (Å²) in [7, 11) is 0. The average molecular weight is 379 g/mol. The lowest BCUT2D eigenvalue weighted by molar-refractivity contribution is -0.123. The molecule has 1 fully saturated rings. The number of halogens is 3. The van der Waals surface area contributed by atoms with Gasteiger partial charge in [-0.05, 0) is 24.1 Å². The number of aromatic nitrogens is 3. The number of nitrogens with zero attached hydrogens (tertiary/aromatic N) is 3. The van der Waals surface area contributed by atoms with Gasteiger partial charge in [-0.1, -0.05) is 13.3 Å². The molecule has 6 nitrogen and oxygen atoms in total. The zero-order valence-corrected chi connectivity index (χ0v) is 14.8. The van der Waals surface area contributed by atoms with Gasteiger partial charge in [0.15, 0.2) is 0 Å². The number of likely N-dealkylation sites (tertiary alicyclic amines) is 1. The highest BCUT2D eigenvalue weighted by molar-refractivity contribution is 5.79. The van der Waals surface area contributed by atoms with Crippen LogP contribution in [-0.4, -0.2) is 51.1 Å². The maximum Gasteiger partial charge on any atom is 0.405 e. The number of H-pyrrole nitrogens is 1. The number of aromatic amines is 1. The fourth-order valence-electron chi connectivity index (χ4n) is 3.96. The molecular formula is C18H20F3N5O. The van der Waals surface area contributed by atoms with Crippen LogP contribution in [0.3, 0.4) is 0 Å². The Labute approximate surface area is 153 Å². The third-order valence-electron chi connectivity index (χ3n) is 5.28. The van der Waals surface area contributed by atoms with Crippen molar-refractivity contribution in [1.29, 1.82) is 0 Å². The molecule has 3 aromatic rings. The lowest BCUT2D eigenvalue weighted by atomic mass is 9.91. The Morgan fingerprint density at radius 2 is 2.15 bits per heavy atom. The Hall–Kier alpha value is -2.71. The van der Waals surface area contributed by atoms with Crippen molar-refractivity contribution in [2.45, 2.75) is 25.4 Å². The van der Waals surface area contributed by atoms with Gasteiger partial charge in [0, 0.05) is 37.1 Å². The highest BCUT2D eigenvalue weighted by Gasteiger charge is 2.38. The van der Waals surface area contributed by atoms with E-state index in [9.17, 15) is 18.0 Å². The summed E-state index contributed by atoms with van der Waals surface area (Å²) in [5.41, 5.74) is 3.77. The minimum absolute atomic E-state index is 0.0159. The van der Waals surface area contributed by atoms with Crippen LogP contribution in [-0.2, 0) is 0 Å². The number of hydrogen-bond donors (Lipinski definition) is 2. The monoisotopic (exact) mass is 379 g/mol. The van der Waals surface area contributed by atoms with Gasteiger partial charge in [0.1, 0.15) is 12.2 Å². The molecule has 0 spiro atoms. The molecule has 1 saturated heterocycles. The maximum absolute atomic E-state index is 12.4. The fourth-order valence-corrected chi connectivity index (χ4v) is 3.96. The maximum atomic E-state index is 12.4. The predicted octanol–water partition coefficient (Wildman–Crippen LogP) is 3.51. The first kappa shape index (κ1) is 17.7. The van der Waals surface area contributed by atoms with Crippen LogP contribution in [0.1, 0.15) is 25.0 Å². The van der Waals surface area contributed by atoms with E-state index in [1.807, 2.05) is 42.8 Å². The van der Waals surface area contributed by atoms with Crippen LogP contribution in [0, 0.1) is 5.92 Å². The van der Waals surface area contributed by atoms with E-state index in [-0.39, 0.29) is 11.8 Å². The molecule has 2 atom stereocenters. The minimum atomic E-state index is -4.42. The van der Waals surface area contributed by atoms with E-state index in [2.05, 4.69) is 14.4 Å². The van der Waals surface area contributed by atoms with E-state index >= 15 is 0 Å². The number of alkyl halides is 3. The number of pyridine rings is 1. The highest BCUT2D eigenvalue weighted by Crippen LogP contribution is 2.36. The zero-order valence-electron chi connectivity index (χ0n) is 14.8. The van der Waals surface area contributed by atoms with Crippen LogP contribution in [0.5, 0.6) is 0 Å². The summed E-state index contributed by atoms with van der Waals surface area (Å²) in [6.45, 7) is 1.52. The summed E-state index contributed by atoms with van der Waals surface area (Å²) >= 11 is 0. The molecule has 0 bridgehead atoms. The fraction of sp³-hybridized carbons (Fsp3) is 0.444. The van der Waals surface area contributed by atoms with Crippen LogP contribution >= 0.6 is 0 Å². The molecular weight excluding hydrogens is 359 g/mol. The van der Waals surface area contributed by atoms with Crippen molar-refractivity contribution < 1.29 is 18.0 Å². The van der Waals surface area contributed by atoms with E-state index in [4.69, 9.17) is 0 Å². The number of fused-ring (bicyclic) bond motifs is 3. The van der Waals surface area contributed by atoms with Gasteiger partial charge in [0.25, 0.3) is 0 Å². The molecule has 0 saturated carbocycles. The molecule has 2 N–H and O–H groups in total. The summed E-state index contributed by atoms with van der Waals surface area (Å²) in [6.07, 6.45) is 0.0769. The van der Waals surface area contributed by atoms with Gasteiger partial charge in [-0.2, -0.15) is 13.2 Å². The Bertz CT molecular complexity index is 976. The third kappa shape index (κ3) is 3.22. The Kier molecular flexibility index (Phi) is 4.24. The normalized spacial score (nSPS) is 20.7. The number of carbonyl (C=O) groups excluding carboxylic acids is 1. The van der Waals surface area contributed by atoms with E-state index < -0.39 is 18.8 Å². The van der Waals surface area contributed by atoms with Gasteiger partial charge in [0.05, 0.1) is 11.0 Å². The first-order valence-corrected chi connectivity index (χ1v) is 8.90. The Morgan fingerprint density at radius 3 is 2.89 bits per heavy atom. The molecule has 1 aliphatic rings. The number of hydrogen-bond acceptors (Lipinski definition) is 2. The molecule has 3 aromatic heterocycles. The summed E-state index contributed by atoms with van der Waals surface area (Å²) < 4.78 is 39.2. The zero-order chi connectivity index (χ0) is 19.2. The number of amides is 2. The predicted molar refractivity (Wildman–Crippen MR) is 94.6 cm³/mol. The Morgan fingerprint density at radius 1 is 1.33 bits per heavy atom. The lowest BCUT2D eigenvalue weighted by Crippen LogP contribution is -2.42. The molecule has 9 heteroatoms. The molecule has 0 aromatic carbocycles.